The highest BCUT2D eigenvalue weighted by atomic mass is 32.2. The Bertz CT molecular complexity index is 1060. The zero-order valence-corrected chi connectivity index (χ0v) is 18.8. The molecule has 0 bridgehead atoms. The van der Waals surface area contributed by atoms with Crippen molar-refractivity contribution in [1.29, 1.82) is 0 Å². The largest absolute Gasteiger partial charge is 0.344 e. The van der Waals surface area contributed by atoms with E-state index < -0.39 is 34.9 Å². The number of hydrogen-bond donors (Lipinski definition) is 1. The highest BCUT2D eigenvalue weighted by molar-refractivity contribution is 7.90. The second kappa shape index (κ2) is 10.8. The fourth-order valence-electron chi connectivity index (χ4n) is 3.24. The Morgan fingerprint density at radius 3 is 2.33 bits per heavy atom. The van der Waals surface area contributed by atoms with Crippen LogP contribution in [0.5, 0.6) is 0 Å². The molecule has 1 fully saturated rings. The monoisotopic (exact) mass is 481 g/mol. The first-order valence-electron chi connectivity index (χ1n) is 10.2. The number of likely N-dealkylation sites (N-methyl/N-ethyl adjacent to an activating group) is 1. The maximum atomic E-state index is 13.4. The van der Waals surface area contributed by atoms with Gasteiger partial charge in [-0.1, -0.05) is 18.2 Å². The number of rotatable bonds is 9. The Labute approximate surface area is 191 Å². The van der Waals surface area contributed by atoms with Crippen LogP contribution in [0, 0.1) is 0 Å². The fraction of sp³-hybridized carbons (Fsp3) is 0.381. The molecule has 1 aromatic heterocycles. The van der Waals surface area contributed by atoms with Gasteiger partial charge in [0.1, 0.15) is 0 Å². The molecule has 1 aliphatic heterocycles. The Kier molecular flexibility index (Phi) is 8.06. The number of anilines is 1. The molecule has 0 atom stereocenters. The molecule has 9 nitrogen and oxygen atoms in total. The van der Waals surface area contributed by atoms with Crippen molar-refractivity contribution in [3.05, 3.63) is 59.9 Å². The number of piperazine rings is 1. The lowest BCUT2D eigenvalue weighted by atomic mass is 10.1. The van der Waals surface area contributed by atoms with E-state index in [1.165, 1.54) is 26.9 Å². The smallest absolute Gasteiger partial charge is 0.315 e. The number of ketones is 1. The van der Waals surface area contributed by atoms with Crippen molar-refractivity contribution in [2.24, 2.45) is 0 Å². The molecule has 3 rings (SSSR count). The molecule has 0 spiro atoms. The summed E-state index contributed by atoms with van der Waals surface area (Å²) in [7, 11) is -1.90. The first-order chi connectivity index (χ1) is 15.7. The molecule has 0 radical (unpaired) electrons. The molecule has 2 aromatic rings. The third-order valence-electron chi connectivity index (χ3n) is 5.18. The molecular weight excluding hydrogens is 456 g/mol. The minimum atomic E-state index is -3.84. The lowest BCUT2D eigenvalue weighted by Gasteiger charge is -2.36. The summed E-state index contributed by atoms with van der Waals surface area (Å²) in [6.07, 6.45) is -1.97. The zero-order valence-electron chi connectivity index (χ0n) is 18.0. The number of alkyl halides is 2. The van der Waals surface area contributed by atoms with E-state index in [1.807, 2.05) is 12.4 Å². The van der Waals surface area contributed by atoms with Crippen LogP contribution in [-0.2, 0) is 21.5 Å². The summed E-state index contributed by atoms with van der Waals surface area (Å²) >= 11 is 0. The molecule has 33 heavy (non-hydrogen) atoms. The first kappa shape index (κ1) is 24.7. The summed E-state index contributed by atoms with van der Waals surface area (Å²) in [6.45, 7) is 1.34. The van der Waals surface area contributed by atoms with E-state index in [2.05, 4.69) is 9.88 Å². The van der Waals surface area contributed by atoms with Gasteiger partial charge < -0.3 is 10.2 Å². The molecule has 1 aromatic carbocycles. The summed E-state index contributed by atoms with van der Waals surface area (Å²) in [6, 6.07) is 11.6. The van der Waals surface area contributed by atoms with Gasteiger partial charge in [0.25, 0.3) is 5.91 Å². The minimum absolute atomic E-state index is 0.0602. The fourth-order valence-corrected chi connectivity index (χ4v) is 4.82. The van der Waals surface area contributed by atoms with Gasteiger partial charge in [-0.2, -0.15) is 21.5 Å². The van der Waals surface area contributed by atoms with Crippen molar-refractivity contribution in [3.8, 4) is 0 Å². The predicted octanol–water partition coefficient (Wildman–Crippen LogP) is 1.14. The van der Waals surface area contributed by atoms with E-state index >= 15 is 0 Å². The maximum absolute atomic E-state index is 13.4. The molecule has 12 heteroatoms. The number of hydrogen-bond acceptors (Lipinski definition) is 6. The van der Waals surface area contributed by atoms with Crippen molar-refractivity contribution >= 4 is 27.6 Å². The maximum Gasteiger partial charge on any atom is 0.315 e. The van der Waals surface area contributed by atoms with E-state index in [-0.39, 0.29) is 12.1 Å². The van der Waals surface area contributed by atoms with Crippen molar-refractivity contribution in [3.63, 3.8) is 0 Å². The van der Waals surface area contributed by atoms with E-state index in [0.717, 1.165) is 0 Å². The van der Waals surface area contributed by atoms with Gasteiger partial charge in [0.2, 0.25) is 0 Å². The van der Waals surface area contributed by atoms with Crippen LogP contribution < -0.4 is 9.62 Å². The first-order valence-corrected chi connectivity index (χ1v) is 11.6. The number of Topliss-reactive ketones (excluding diaryl/α,β-unsaturated/α-hetero) is 1. The van der Waals surface area contributed by atoms with Crippen molar-refractivity contribution in [2.75, 3.05) is 44.1 Å². The van der Waals surface area contributed by atoms with Gasteiger partial charge in [-0.05, 0) is 31.3 Å². The van der Waals surface area contributed by atoms with Gasteiger partial charge >= 0.3 is 16.6 Å². The van der Waals surface area contributed by atoms with E-state index in [9.17, 15) is 26.8 Å². The number of halogens is 2. The number of carbonyl (C=O) groups is 2. The van der Waals surface area contributed by atoms with Gasteiger partial charge in [-0.15, -0.1) is 0 Å². The van der Waals surface area contributed by atoms with Crippen LogP contribution in [0.4, 0.5) is 14.5 Å². The highest BCUT2D eigenvalue weighted by Crippen LogP contribution is 2.23. The van der Waals surface area contributed by atoms with E-state index in [0.29, 0.717) is 37.6 Å². The Hall–Kier alpha value is -2.96. The van der Waals surface area contributed by atoms with Crippen LogP contribution in [0.3, 0.4) is 0 Å². The number of pyridine rings is 1. The molecule has 1 amide bonds. The summed E-state index contributed by atoms with van der Waals surface area (Å²) in [5, 5.41) is 1.85. The summed E-state index contributed by atoms with van der Waals surface area (Å²) in [5.41, 5.74) is 0.985. The van der Waals surface area contributed by atoms with Gasteiger partial charge in [-0.25, -0.2) is 0 Å². The molecule has 2 heterocycles. The number of amides is 1. The average molecular weight is 482 g/mol. The van der Waals surface area contributed by atoms with Gasteiger partial charge in [0, 0.05) is 37.9 Å². The summed E-state index contributed by atoms with van der Waals surface area (Å²) in [5.74, 6) is -2.12. The number of nitrogens with one attached hydrogen (secondary N) is 1. The Balaban J connectivity index is 1.77. The zero-order chi connectivity index (χ0) is 24.0. The third kappa shape index (κ3) is 6.30. The molecule has 1 N–H and O–H groups in total. The van der Waals surface area contributed by atoms with Crippen LogP contribution >= 0.6 is 0 Å². The van der Waals surface area contributed by atoms with E-state index in [1.54, 1.807) is 30.3 Å². The van der Waals surface area contributed by atoms with Crippen LogP contribution in [0.1, 0.15) is 16.1 Å². The van der Waals surface area contributed by atoms with Crippen molar-refractivity contribution in [1.82, 2.24) is 19.5 Å². The van der Waals surface area contributed by atoms with E-state index in [4.69, 9.17) is 0 Å². The highest BCUT2D eigenvalue weighted by Gasteiger charge is 2.32. The second-order valence-corrected chi connectivity index (χ2v) is 9.39. The normalized spacial score (nSPS) is 15.4. The average Bonchev–Trinajstić information content (AvgIpc) is 2.81. The number of nitrogens with zero attached hydrogens (tertiary/aromatic N) is 4. The number of para-hydroxylation sites is 1. The van der Waals surface area contributed by atoms with Gasteiger partial charge in [0.05, 0.1) is 24.5 Å². The second-order valence-electron chi connectivity index (χ2n) is 7.53. The molecule has 0 aliphatic carbocycles. The molecule has 1 aliphatic rings. The quantitative estimate of drug-likeness (QED) is 0.539. The van der Waals surface area contributed by atoms with Gasteiger partial charge in [0.15, 0.2) is 5.78 Å². The topological polar surface area (TPSA) is 103 Å². The van der Waals surface area contributed by atoms with Crippen LogP contribution in [0.15, 0.2) is 48.7 Å². The molecule has 178 valence electrons. The Morgan fingerprint density at radius 1 is 1.09 bits per heavy atom. The van der Waals surface area contributed by atoms with Crippen LogP contribution in [0.2, 0.25) is 0 Å². The number of benzene rings is 1. The SMILES string of the molecule is CN1CCN(S(=O)(=O)N(Cc2ccc(C(=O)CNC(=O)C(F)F)cn2)c2ccccc2)CC1. The summed E-state index contributed by atoms with van der Waals surface area (Å²) in [4.78, 5) is 29.3. The van der Waals surface area contributed by atoms with Crippen LogP contribution in [0.25, 0.3) is 0 Å². The minimum Gasteiger partial charge on any atom is -0.344 e. The molecule has 0 unspecified atom stereocenters. The number of carbonyl (C=O) groups excluding carboxylic acids is 2. The standard InChI is InChI=1S/C21H25F2N5O4S/c1-26-9-11-27(12-10-26)33(31,32)28(18-5-3-2-4-6-18)15-17-8-7-16(13-24-17)19(29)14-25-21(30)20(22)23/h2-8,13,20H,9-12,14-15H2,1H3,(H,25,30). The Morgan fingerprint density at radius 2 is 1.76 bits per heavy atom. The van der Waals surface area contributed by atoms with Crippen LogP contribution in [-0.4, -0.2) is 80.5 Å². The van der Waals surface area contributed by atoms with Gasteiger partial charge in [-0.3, -0.25) is 18.9 Å². The molecular formula is C21H25F2N5O4S. The summed E-state index contributed by atoms with van der Waals surface area (Å²) < 4.78 is 54.1. The lowest BCUT2D eigenvalue weighted by molar-refractivity contribution is -0.131. The third-order valence-corrected chi connectivity index (χ3v) is 7.10. The number of aromatic nitrogens is 1. The van der Waals surface area contributed by atoms with Crippen molar-refractivity contribution in [2.45, 2.75) is 13.0 Å². The van der Waals surface area contributed by atoms with Crippen molar-refractivity contribution < 1.29 is 26.8 Å². The predicted molar refractivity (Wildman–Crippen MR) is 118 cm³/mol. The molecule has 1 saturated heterocycles. The molecule has 0 saturated carbocycles. The lowest BCUT2D eigenvalue weighted by Crippen LogP contribution is -2.52.